The number of carbonyl (C=O) groups excluding carboxylic acids is 1. The van der Waals surface area contributed by atoms with Crippen LogP contribution in [0.25, 0.3) is 0 Å². The van der Waals surface area contributed by atoms with Crippen LogP contribution in [-0.4, -0.2) is 52.2 Å². The summed E-state index contributed by atoms with van der Waals surface area (Å²) in [6, 6.07) is 0. The molecule has 0 aromatic heterocycles. The number of hydrazine groups is 1. The quantitative estimate of drug-likeness (QED) is 0.339. The number of hydrogen-bond donors (Lipinski definition) is 1. The van der Waals surface area contributed by atoms with Gasteiger partial charge in [-0.1, -0.05) is 0 Å². The molecule has 0 atom stereocenters. The Kier molecular flexibility index (Phi) is 2.88. The number of carbonyl (C=O) groups is 1. The number of nitrogens with zero attached hydrogens (tertiary/aromatic N) is 4. The summed E-state index contributed by atoms with van der Waals surface area (Å²) in [7, 11) is 0. The van der Waals surface area contributed by atoms with E-state index < -0.39 is 0 Å². The first-order chi connectivity index (χ1) is 6.15. The van der Waals surface area contributed by atoms with E-state index in [1.807, 2.05) is 0 Å². The van der Waals surface area contributed by atoms with Gasteiger partial charge >= 0.3 is 0 Å². The lowest BCUT2D eigenvalue weighted by atomic mass is 10.3. The minimum Gasteiger partial charge on any atom is -0.569 e. The summed E-state index contributed by atoms with van der Waals surface area (Å²) in [6.07, 6.45) is 0. The molecule has 1 N–H and O–H groups in total. The summed E-state index contributed by atoms with van der Waals surface area (Å²) in [4.78, 5) is 12.7. The number of amides is 1. The Hall–Kier alpha value is -1.53. The van der Waals surface area contributed by atoms with Crippen LogP contribution in [0.5, 0.6) is 0 Å². The second-order valence-corrected chi connectivity index (χ2v) is 2.80. The first-order valence-electron chi connectivity index (χ1n) is 3.98. The highest BCUT2D eigenvalue weighted by molar-refractivity contribution is 5.73. The Morgan fingerprint density at radius 1 is 1.46 bits per heavy atom. The van der Waals surface area contributed by atoms with Crippen LogP contribution in [0.4, 0.5) is 0 Å². The Bertz CT molecular complexity index is 222. The molecule has 1 amide bonds. The van der Waals surface area contributed by atoms with Gasteiger partial charge in [0, 0.05) is 20.0 Å². The summed E-state index contributed by atoms with van der Waals surface area (Å²) < 4.78 is 0. The topological polar surface area (TPSA) is 82.2 Å². The maximum atomic E-state index is 10.9. The summed E-state index contributed by atoms with van der Waals surface area (Å²) in [5, 5.41) is 22.7. The molecule has 0 aromatic carbocycles. The monoisotopic (exact) mass is 188 g/mol. The van der Waals surface area contributed by atoms with E-state index in [1.54, 1.807) is 4.90 Å². The molecule has 1 heterocycles. The molecule has 0 saturated carbocycles. The van der Waals surface area contributed by atoms with Crippen LogP contribution >= 0.6 is 0 Å². The molecule has 0 aromatic rings. The van der Waals surface area contributed by atoms with Gasteiger partial charge in [0.25, 0.3) is 0 Å². The molecule has 1 rings (SSSR count). The van der Waals surface area contributed by atoms with Crippen LogP contribution in [0.15, 0.2) is 5.28 Å². The molecular weight excluding hydrogens is 176 g/mol. The third-order valence-electron chi connectivity index (χ3n) is 2.02. The van der Waals surface area contributed by atoms with Gasteiger partial charge in [0.05, 0.1) is 18.1 Å². The summed E-state index contributed by atoms with van der Waals surface area (Å²) in [5.74, 6) is -0.00182. The van der Waals surface area contributed by atoms with Gasteiger partial charge in [0.15, 0.2) is 0 Å². The second kappa shape index (κ2) is 3.92. The van der Waals surface area contributed by atoms with Crippen molar-refractivity contribution >= 4 is 5.91 Å². The van der Waals surface area contributed by atoms with Crippen molar-refractivity contribution < 1.29 is 15.0 Å². The van der Waals surface area contributed by atoms with E-state index in [0.717, 1.165) is 0 Å². The molecule has 1 aliphatic heterocycles. The Morgan fingerprint density at radius 2 is 2.00 bits per heavy atom. The van der Waals surface area contributed by atoms with E-state index in [-0.39, 0.29) is 10.9 Å². The van der Waals surface area contributed by atoms with Crippen molar-refractivity contribution in [2.24, 2.45) is 5.28 Å². The van der Waals surface area contributed by atoms with Crippen molar-refractivity contribution in [3.8, 4) is 0 Å². The fourth-order valence-corrected chi connectivity index (χ4v) is 1.24. The van der Waals surface area contributed by atoms with Gasteiger partial charge < -0.3 is 15.3 Å². The van der Waals surface area contributed by atoms with Crippen molar-refractivity contribution in [3.63, 3.8) is 0 Å². The van der Waals surface area contributed by atoms with Crippen molar-refractivity contribution in [2.75, 3.05) is 26.2 Å². The summed E-state index contributed by atoms with van der Waals surface area (Å²) in [5.41, 5.74) is 0. The largest absolute Gasteiger partial charge is 0.569 e. The van der Waals surface area contributed by atoms with Gasteiger partial charge in [-0.15, -0.1) is 5.01 Å². The molecule has 0 radical (unpaired) electrons. The van der Waals surface area contributed by atoms with Gasteiger partial charge in [0.1, 0.15) is 0 Å². The highest BCUT2D eigenvalue weighted by Gasteiger charge is 2.22. The standard InChI is InChI=1S/C6H12N4O3/c1-6(11)8-2-4-9(5-3-8)10(13)7-12/h12H,2-5H2,1H3/b10-7-. The van der Waals surface area contributed by atoms with Crippen LogP contribution in [0.2, 0.25) is 0 Å². The average molecular weight is 188 g/mol. The van der Waals surface area contributed by atoms with Crippen molar-refractivity contribution in [1.29, 1.82) is 0 Å². The lowest BCUT2D eigenvalue weighted by molar-refractivity contribution is -0.711. The van der Waals surface area contributed by atoms with Gasteiger partial charge in [0.2, 0.25) is 11.2 Å². The minimum atomic E-state index is -0.00182. The van der Waals surface area contributed by atoms with Crippen molar-refractivity contribution in [2.45, 2.75) is 6.92 Å². The van der Waals surface area contributed by atoms with Gasteiger partial charge in [-0.2, -0.15) is 0 Å². The fraction of sp³-hybridized carbons (Fsp3) is 0.833. The molecule has 0 bridgehead atoms. The molecule has 7 heteroatoms. The van der Waals surface area contributed by atoms with Crippen LogP contribution in [0.3, 0.4) is 0 Å². The third kappa shape index (κ3) is 2.20. The third-order valence-corrected chi connectivity index (χ3v) is 2.02. The van der Waals surface area contributed by atoms with Crippen LogP contribution < -0.4 is 0 Å². The molecule has 74 valence electrons. The zero-order chi connectivity index (χ0) is 9.84. The number of piperazine rings is 1. The van der Waals surface area contributed by atoms with E-state index in [1.165, 1.54) is 11.9 Å². The summed E-state index contributed by atoms with van der Waals surface area (Å²) in [6.45, 7) is 3.26. The van der Waals surface area contributed by atoms with Crippen molar-refractivity contribution in [1.82, 2.24) is 9.91 Å². The maximum absolute atomic E-state index is 10.9. The minimum absolute atomic E-state index is 0.00182. The molecule has 13 heavy (non-hydrogen) atoms. The van der Waals surface area contributed by atoms with E-state index in [9.17, 15) is 10.0 Å². The van der Waals surface area contributed by atoms with Crippen LogP contribution in [0, 0.1) is 5.21 Å². The summed E-state index contributed by atoms with van der Waals surface area (Å²) >= 11 is 0. The molecule has 1 fully saturated rings. The van der Waals surface area contributed by atoms with Gasteiger partial charge in [-0.05, 0) is 0 Å². The molecule has 0 spiro atoms. The van der Waals surface area contributed by atoms with E-state index in [4.69, 9.17) is 5.21 Å². The second-order valence-electron chi connectivity index (χ2n) is 2.80. The van der Waals surface area contributed by atoms with Crippen LogP contribution in [-0.2, 0) is 4.79 Å². The Labute approximate surface area is 75.4 Å². The van der Waals surface area contributed by atoms with E-state index >= 15 is 0 Å². The maximum Gasteiger partial charge on any atom is 0.230 e. The lowest BCUT2D eigenvalue weighted by Crippen LogP contribution is -2.50. The molecule has 0 unspecified atom stereocenters. The normalized spacial score (nSPS) is 19.0. The number of rotatable bonds is 1. The first kappa shape index (κ1) is 9.56. The fourth-order valence-electron chi connectivity index (χ4n) is 1.24. The van der Waals surface area contributed by atoms with E-state index in [2.05, 4.69) is 5.28 Å². The van der Waals surface area contributed by atoms with Gasteiger partial charge in [-0.3, -0.25) is 4.79 Å². The van der Waals surface area contributed by atoms with Crippen molar-refractivity contribution in [3.05, 3.63) is 5.21 Å². The first-order valence-corrected chi connectivity index (χ1v) is 3.98. The SMILES string of the molecule is CC(=O)N1CCN(/[N+]([O-])=N/O)CC1. The molecule has 0 aliphatic carbocycles. The van der Waals surface area contributed by atoms with Crippen LogP contribution in [0.1, 0.15) is 6.92 Å². The molecule has 1 saturated heterocycles. The molecular formula is C6H12N4O3. The highest BCUT2D eigenvalue weighted by Crippen LogP contribution is 2.01. The zero-order valence-corrected chi connectivity index (χ0v) is 7.38. The Morgan fingerprint density at radius 3 is 2.38 bits per heavy atom. The average Bonchev–Trinajstić information content (AvgIpc) is 2.17. The van der Waals surface area contributed by atoms with E-state index in [0.29, 0.717) is 26.2 Å². The zero-order valence-electron chi connectivity index (χ0n) is 7.38. The molecule has 7 nitrogen and oxygen atoms in total. The Balaban J connectivity index is 2.43. The van der Waals surface area contributed by atoms with Gasteiger partial charge in [-0.25, -0.2) is 0 Å². The molecule has 1 aliphatic rings. The predicted octanol–water partition coefficient (Wildman–Crippen LogP) is -0.583. The highest BCUT2D eigenvalue weighted by atomic mass is 16.6. The lowest BCUT2D eigenvalue weighted by Gasteiger charge is -2.30. The number of hydrogen-bond acceptors (Lipinski definition) is 3. The predicted molar refractivity (Wildman–Crippen MR) is 41.7 cm³/mol. The smallest absolute Gasteiger partial charge is 0.230 e.